The first kappa shape index (κ1) is 16.5. The van der Waals surface area contributed by atoms with Crippen molar-refractivity contribution in [2.24, 2.45) is 5.92 Å². The SMILES string of the molecule is CCCCCCCC(C)N1CCC(CCC(=O)O)C1. The van der Waals surface area contributed by atoms with Crippen LogP contribution >= 0.6 is 0 Å². The average Bonchev–Trinajstić information content (AvgIpc) is 2.84. The molecule has 1 N–H and O–H groups in total. The highest BCUT2D eigenvalue weighted by atomic mass is 16.4. The molecule has 1 rings (SSSR count). The molecule has 0 saturated carbocycles. The number of carbonyl (C=O) groups is 1. The van der Waals surface area contributed by atoms with Gasteiger partial charge in [0.1, 0.15) is 0 Å². The Kier molecular flexibility index (Phi) is 8.11. The van der Waals surface area contributed by atoms with Crippen LogP contribution in [0.1, 0.15) is 71.6 Å². The lowest BCUT2D eigenvalue weighted by molar-refractivity contribution is -0.137. The Balaban J connectivity index is 2.10. The molecule has 0 amide bonds. The van der Waals surface area contributed by atoms with E-state index in [1.807, 2.05) is 0 Å². The van der Waals surface area contributed by atoms with Crippen molar-refractivity contribution in [1.82, 2.24) is 4.90 Å². The maximum atomic E-state index is 10.6. The largest absolute Gasteiger partial charge is 0.481 e. The summed E-state index contributed by atoms with van der Waals surface area (Å²) in [5.74, 6) is -0.0407. The van der Waals surface area contributed by atoms with E-state index in [1.165, 1.54) is 51.5 Å². The van der Waals surface area contributed by atoms with E-state index >= 15 is 0 Å². The highest BCUT2D eigenvalue weighted by Gasteiger charge is 2.25. The van der Waals surface area contributed by atoms with Crippen LogP contribution in [0.2, 0.25) is 0 Å². The number of hydrogen-bond acceptors (Lipinski definition) is 2. The Morgan fingerprint density at radius 2 is 2.05 bits per heavy atom. The van der Waals surface area contributed by atoms with Crippen LogP contribution in [0.5, 0.6) is 0 Å². The van der Waals surface area contributed by atoms with E-state index in [-0.39, 0.29) is 0 Å². The monoisotopic (exact) mass is 269 g/mol. The van der Waals surface area contributed by atoms with E-state index < -0.39 is 5.97 Å². The molecule has 3 heteroatoms. The Bertz CT molecular complexity index is 255. The van der Waals surface area contributed by atoms with Crippen molar-refractivity contribution in [3.05, 3.63) is 0 Å². The van der Waals surface area contributed by atoms with Gasteiger partial charge in [0.05, 0.1) is 0 Å². The van der Waals surface area contributed by atoms with Gasteiger partial charge in [0.2, 0.25) is 0 Å². The lowest BCUT2D eigenvalue weighted by Gasteiger charge is -2.24. The van der Waals surface area contributed by atoms with Gasteiger partial charge in [-0.15, -0.1) is 0 Å². The molecule has 0 radical (unpaired) electrons. The Labute approximate surface area is 118 Å². The number of nitrogens with zero attached hydrogens (tertiary/aromatic N) is 1. The van der Waals surface area contributed by atoms with E-state index in [2.05, 4.69) is 18.7 Å². The van der Waals surface area contributed by atoms with E-state index in [1.54, 1.807) is 0 Å². The summed E-state index contributed by atoms with van der Waals surface area (Å²) in [7, 11) is 0. The summed E-state index contributed by atoms with van der Waals surface area (Å²) in [6.45, 7) is 6.87. The van der Waals surface area contributed by atoms with Crippen molar-refractivity contribution in [3.63, 3.8) is 0 Å². The van der Waals surface area contributed by atoms with E-state index in [9.17, 15) is 4.79 Å². The van der Waals surface area contributed by atoms with Crippen molar-refractivity contribution in [1.29, 1.82) is 0 Å². The summed E-state index contributed by atoms with van der Waals surface area (Å²) in [6.07, 6.45) is 10.5. The molecule has 1 heterocycles. The standard InChI is InChI=1S/C16H31NO2/c1-3-4-5-6-7-8-14(2)17-12-11-15(13-17)9-10-16(18)19/h14-15H,3-13H2,1-2H3,(H,18,19). The second-order valence-corrected chi connectivity index (χ2v) is 6.13. The third-order valence-electron chi connectivity index (χ3n) is 4.43. The summed E-state index contributed by atoms with van der Waals surface area (Å²) in [4.78, 5) is 13.1. The lowest BCUT2D eigenvalue weighted by atomic mass is 10.0. The van der Waals surface area contributed by atoms with Crippen LogP contribution < -0.4 is 0 Å². The molecule has 1 fully saturated rings. The van der Waals surface area contributed by atoms with Crippen molar-refractivity contribution in [2.75, 3.05) is 13.1 Å². The highest BCUT2D eigenvalue weighted by Crippen LogP contribution is 2.24. The molecule has 112 valence electrons. The smallest absolute Gasteiger partial charge is 0.303 e. The zero-order valence-electron chi connectivity index (χ0n) is 12.7. The maximum Gasteiger partial charge on any atom is 0.303 e. The van der Waals surface area contributed by atoms with Gasteiger partial charge in [0.15, 0.2) is 0 Å². The van der Waals surface area contributed by atoms with Crippen molar-refractivity contribution < 1.29 is 9.90 Å². The van der Waals surface area contributed by atoms with Gasteiger partial charge in [-0.25, -0.2) is 0 Å². The number of likely N-dealkylation sites (tertiary alicyclic amines) is 1. The van der Waals surface area contributed by atoms with Crippen LogP contribution in [-0.2, 0) is 4.79 Å². The van der Waals surface area contributed by atoms with Crippen LogP contribution in [0.15, 0.2) is 0 Å². The quantitative estimate of drug-likeness (QED) is 0.611. The van der Waals surface area contributed by atoms with Gasteiger partial charge >= 0.3 is 5.97 Å². The molecule has 0 aromatic heterocycles. The average molecular weight is 269 g/mol. The Morgan fingerprint density at radius 3 is 2.74 bits per heavy atom. The summed E-state index contributed by atoms with van der Waals surface area (Å²) < 4.78 is 0. The molecular formula is C16H31NO2. The fourth-order valence-corrected chi connectivity index (χ4v) is 3.05. The van der Waals surface area contributed by atoms with Crippen molar-refractivity contribution >= 4 is 5.97 Å². The summed E-state index contributed by atoms with van der Waals surface area (Å²) in [6, 6.07) is 0.677. The molecule has 19 heavy (non-hydrogen) atoms. The summed E-state index contributed by atoms with van der Waals surface area (Å²) in [5.41, 5.74) is 0. The highest BCUT2D eigenvalue weighted by molar-refractivity contribution is 5.66. The molecular weight excluding hydrogens is 238 g/mol. The molecule has 2 unspecified atom stereocenters. The van der Waals surface area contributed by atoms with Gasteiger partial charge in [0, 0.05) is 19.0 Å². The first-order chi connectivity index (χ1) is 9.13. The lowest BCUT2D eigenvalue weighted by Crippen LogP contribution is -2.30. The zero-order valence-corrected chi connectivity index (χ0v) is 12.7. The second-order valence-electron chi connectivity index (χ2n) is 6.13. The fraction of sp³-hybridized carbons (Fsp3) is 0.938. The number of rotatable bonds is 10. The predicted octanol–water partition coefficient (Wildman–Crippen LogP) is 3.92. The molecule has 0 aliphatic carbocycles. The van der Waals surface area contributed by atoms with Gasteiger partial charge in [-0.05, 0) is 38.6 Å². The Morgan fingerprint density at radius 1 is 1.32 bits per heavy atom. The summed E-state index contributed by atoms with van der Waals surface area (Å²) >= 11 is 0. The van der Waals surface area contributed by atoms with Gasteiger partial charge < -0.3 is 10.0 Å². The molecule has 0 aromatic rings. The van der Waals surface area contributed by atoms with Crippen molar-refractivity contribution in [2.45, 2.75) is 77.7 Å². The minimum Gasteiger partial charge on any atom is -0.481 e. The van der Waals surface area contributed by atoms with E-state index in [0.29, 0.717) is 18.4 Å². The summed E-state index contributed by atoms with van der Waals surface area (Å²) in [5, 5.41) is 8.72. The first-order valence-electron chi connectivity index (χ1n) is 8.09. The Hall–Kier alpha value is -0.570. The topological polar surface area (TPSA) is 40.5 Å². The zero-order chi connectivity index (χ0) is 14.1. The van der Waals surface area contributed by atoms with Gasteiger partial charge in [-0.3, -0.25) is 4.79 Å². The van der Waals surface area contributed by atoms with Gasteiger partial charge in [-0.2, -0.15) is 0 Å². The normalized spacial score (nSPS) is 21.7. The molecule has 1 saturated heterocycles. The molecule has 2 atom stereocenters. The predicted molar refractivity (Wildman–Crippen MR) is 79.4 cm³/mol. The van der Waals surface area contributed by atoms with Gasteiger partial charge in [-0.1, -0.05) is 39.0 Å². The van der Waals surface area contributed by atoms with E-state index in [4.69, 9.17) is 5.11 Å². The van der Waals surface area contributed by atoms with E-state index in [0.717, 1.165) is 13.0 Å². The minimum absolute atomic E-state index is 0.337. The van der Waals surface area contributed by atoms with Crippen LogP contribution in [-0.4, -0.2) is 35.1 Å². The molecule has 1 aliphatic heterocycles. The fourth-order valence-electron chi connectivity index (χ4n) is 3.05. The van der Waals surface area contributed by atoms with Crippen molar-refractivity contribution in [3.8, 4) is 0 Å². The number of hydrogen-bond donors (Lipinski definition) is 1. The first-order valence-corrected chi connectivity index (χ1v) is 8.09. The van der Waals surface area contributed by atoms with Gasteiger partial charge in [0.25, 0.3) is 0 Å². The number of unbranched alkanes of at least 4 members (excludes halogenated alkanes) is 4. The maximum absolute atomic E-state index is 10.6. The molecule has 0 spiro atoms. The molecule has 1 aliphatic rings. The van der Waals surface area contributed by atoms with Crippen LogP contribution in [0.3, 0.4) is 0 Å². The van der Waals surface area contributed by atoms with Crippen LogP contribution in [0.25, 0.3) is 0 Å². The molecule has 0 bridgehead atoms. The molecule has 3 nitrogen and oxygen atoms in total. The third kappa shape index (κ3) is 6.95. The number of aliphatic carboxylic acids is 1. The third-order valence-corrected chi connectivity index (χ3v) is 4.43. The minimum atomic E-state index is -0.651. The number of carboxylic acid groups (broad SMARTS) is 1. The van der Waals surface area contributed by atoms with Crippen LogP contribution in [0, 0.1) is 5.92 Å². The second kappa shape index (κ2) is 9.35. The number of carboxylic acids is 1. The molecule has 0 aromatic carbocycles. The van der Waals surface area contributed by atoms with Crippen LogP contribution in [0.4, 0.5) is 0 Å².